The van der Waals surface area contributed by atoms with Crippen molar-refractivity contribution in [3.05, 3.63) is 70.7 Å². The number of carboxylic acids is 1. The molecule has 1 saturated heterocycles. The molecule has 3 aromatic rings. The Bertz CT molecular complexity index is 1320. The second kappa shape index (κ2) is 12.3. The van der Waals surface area contributed by atoms with Gasteiger partial charge in [-0.25, -0.2) is 17.6 Å². The summed E-state index contributed by atoms with van der Waals surface area (Å²) in [6.45, 7) is 1.59. The number of hydrogen-bond acceptors (Lipinski definition) is 5. The number of nitrogens with zero attached hydrogens (tertiary/aromatic N) is 2. The van der Waals surface area contributed by atoms with Gasteiger partial charge in [-0.3, -0.25) is 9.78 Å². The number of piperidine rings is 1. The van der Waals surface area contributed by atoms with Crippen molar-refractivity contribution in [1.29, 1.82) is 0 Å². The first-order valence-corrected chi connectivity index (χ1v) is 13.1. The molecule has 3 N–H and O–H groups in total. The topological polar surface area (TPSA) is 88.7 Å². The number of carboxylic acid groups (broad SMARTS) is 1. The Morgan fingerprint density at radius 2 is 1.92 bits per heavy atom. The molecule has 1 aliphatic heterocycles. The number of fused-ring (bicyclic) bond motifs is 1. The van der Waals surface area contributed by atoms with Crippen LogP contribution in [0.4, 0.5) is 17.6 Å². The number of alkyl halides is 1. The number of aryl methyl sites for hydroxylation is 1. The van der Waals surface area contributed by atoms with E-state index >= 15 is 4.39 Å². The van der Waals surface area contributed by atoms with Gasteiger partial charge in [-0.15, -0.1) is 0 Å². The third-order valence-electron chi connectivity index (χ3n) is 7.86. The molecule has 0 aliphatic carbocycles. The Hall–Kier alpha value is -3.24. The summed E-state index contributed by atoms with van der Waals surface area (Å²) in [7, 11) is 1.52. The minimum Gasteiger partial charge on any atom is -0.497 e. The van der Waals surface area contributed by atoms with Gasteiger partial charge in [-0.2, -0.15) is 0 Å². The van der Waals surface area contributed by atoms with Crippen molar-refractivity contribution < 1.29 is 32.2 Å². The Morgan fingerprint density at radius 1 is 1.18 bits per heavy atom. The SMILES string of the molecule is COc1ccc2ncc(CN)c(C(F)CCC3(C(=O)O)CCN(CCCc4cc(F)cc(F)c4F)CC3)c2c1. The number of rotatable bonds is 11. The maximum atomic E-state index is 15.8. The molecule has 2 aromatic carbocycles. The quantitative estimate of drug-likeness (QED) is 0.236. The number of ether oxygens (including phenoxy) is 1. The summed E-state index contributed by atoms with van der Waals surface area (Å²) >= 11 is 0. The second-order valence-electron chi connectivity index (χ2n) is 10.2. The smallest absolute Gasteiger partial charge is 0.309 e. The number of likely N-dealkylation sites (tertiary alicyclic amines) is 1. The summed E-state index contributed by atoms with van der Waals surface area (Å²) in [6, 6.07) is 6.73. The number of aromatic nitrogens is 1. The number of nitrogens with two attached hydrogens (primary N) is 1. The number of carbonyl (C=O) groups is 1. The minimum atomic E-state index is -1.43. The van der Waals surface area contributed by atoms with E-state index < -0.39 is 35.0 Å². The zero-order valence-electron chi connectivity index (χ0n) is 21.9. The highest BCUT2D eigenvalue weighted by Gasteiger charge is 2.41. The molecule has 6 nitrogen and oxygen atoms in total. The average Bonchev–Trinajstić information content (AvgIpc) is 2.93. The molecule has 1 fully saturated rings. The van der Waals surface area contributed by atoms with E-state index in [0.717, 1.165) is 6.07 Å². The van der Waals surface area contributed by atoms with E-state index in [4.69, 9.17) is 10.5 Å². The summed E-state index contributed by atoms with van der Waals surface area (Å²) in [4.78, 5) is 18.8. The summed E-state index contributed by atoms with van der Waals surface area (Å²) in [6.07, 6.45) is 1.61. The van der Waals surface area contributed by atoms with Crippen LogP contribution in [0.1, 0.15) is 55.0 Å². The van der Waals surface area contributed by atoms with Gasteiger partial charge in [0.1, 0.15) is 17.7 Å². The Kier molecular flexibility index (Phi) is 9.07. The number of benzene rings is 2. The van der Waals surface area contributed by atoms with Crippen LogP contribution >= 0.6 is 0 Å². The van der Waals surface area contributed by atoms with Crippen LogP contribution in [0.15, 0.2) is 36.5 Å². The Labute approximate surface area is 224 Å². The van der Waals surface area contributed by atoms with Crippen LogP contribution in [0.5, 0.6) is 5.75 Å². The highest BCUT2D eigenvalue weighted by molar-refractivity contribution is 5.85. The molecule has 39 heavy (non-hydrogen) atoms. The number of hydrogen-bond donors (Lipinski definition) is 2. The first-order valence-electron chi connectivity index (χ1n) is 13.1. The van der Waals surface area contributed by atoms with Gasteiger partial charge in [0.2, 0.25) is 0 Å². The summed E-state index contributed by atoms with van der Waals surface area (Å²) < 4.78 is 61.9. The van der Waals surface area contributed by atoms with Gasteiger partial charge in [-0.1, -0.05) is 0 Å². The average molecular weight is 548 g/mol. The number of methoxy groups -OCH3 is 1. The predicted molar refractivity (Wildman–Crippen MR) is 140 cm³/mol. The van der Waals surface area contributed by atoms with Crippen molar-refractivity contribution in [2.45, 2.75) is 51.2 Å². The van der Waals surface area contributed by atoms with Gasteiger partial charge in [0.05, 0.1) is 18.0 Å². The molecule has 0 amide bonds. The molecule has 2 heterocycles. The molecule has 1 atom stereocenters. The fraction of sp³-hybridized carbons (Fsp3) is 0.448. The van der Waals surface area contributed by atoms with E-state index in [2.05, 4.69) is 9.88 Å². The molecular formula is C29H33F4N3O3. The maximum absolute atomic E-state index is 15.8. The van der Waals surface area contributed by atoms with Crippen molar-refractivity contribution in [3.63, 3.8) is 0 Å². The second-order valence-corrected chi connectivity index (χ2v) is 10.2. The Balaban J connectivity index is 1.39. The molecule has 1 aliphatic rings. The minimum absolute atomic E-state index is 0.0139. The molecule has 0 saturated carbocycles. The molecule has 0 radical (unpaired) electrons. The largest absolute Gasteiger partial charge is 0.497 e. The summed E-state index contributed by atoms with van der Waals surface area (Å²) in [5, 5.41) is 10.7. The van der Waals surface area contributed by atoms with Crippen molar-refractivity contribution in [3.8, 4) is 5.75 Å². The van der Waals surface area contributed by atoms with Crippen LogP contribution < -0.4 is 10.5 Å². The van der Waals surface area contributed by atoms with Gasteiger partial charge in [0, 0.05) is 29.8 Å². The normalized spacial score (nSPS) is 16.4. The molecule has 1 aromatic heterocycles. The van der Waals surface area contributed by atoms with Crippen LogP contribution in [-0.2, 0) is 17.8 Å². The van der Waals surface area contributed by atoms with E-state index in [1.807, 2.05) is 0 Å². The van der Waals surface area contributed by atoms with Crippen LogP contribution in [0.3, 0.4) is 0 Å². The molecule has 0 bridgehead atoms. The summed E-state index contributed by atoms with van der Waals surface area (Å²) in [5.41, 5.74) is 6.39. The van der Waals surface area contributed by atoms with Gasteiger partial charge in [0.25, 0.3) is 0 Å². The highest BCUT2D eigenvalue weighted by Crippen LogP contribution is 2.41. The molecule has 210 valence electrons. The van der Waals surface area contributed by atoms with Crippen LogP contribution in [0, 0.1) is 22.9 Å². The van der Waals surface area contributed by atoms with Gasteiger partial charge < -0.3 is 20.5 Å². The van der Waals surface area contributed by atoms with Gasteiger partial charge in [0.15, 0.2) is 11.6 Å². The number of aliphatic carboxylic acids is 1. The molecule has 10 heteroatoms. The monoisotopic (exact) mass is 547 g/mol. The highest BCUT2D eigenvalue weighted by atomic mass is 19.2. The first-order chi connectivity index (χ1) is 18.7. The first kappa shape index (κ1) is 28.8. The maximum Gasteiger partial charge on any atom is 0.309 e. The van der Waals surface area contributed by atoms with E-state index in [-0.39, 0.29) is 31.4 Å². The van der Waals surface area contributed by atoms with Crippen molar-refractivity contribution >= 4 is 16.9 Å². The number of pyridine rings is 1. The Morgan fingerprint density at radius 3 is 2.59 bits per heavy atom. The third-order valence-corrected chi connectivity index (χ3v) is 7.86. The lowest BCUT2D eigenvalue weighted by Crippen LogP contribution is -2.44. The standard InChI is InChI=1S/C29H33F4N3O3/c1-39-21-4-5-25-22(15-21)26(19(16-34)17-35-25)23(31)6-7-29(28(37)38)8-11-36(12-9-29)10-2-3-18-13-20(30)14-24(32)27(18)33/h4-5,13-15,17,23H,2-3,6-12,16,34H2,1H3,(H,37,38). The lowest BCUT2D eigenvalue weighted by Gasteiger charge is -2.39. The van der Waals surface area contributed by atoms with E-state index in [0.29, 0.717) is 72.7 Å². The zero-order valence-corrected chi connectivity index (χ0v) is 21.9. The molecule has 0 spiro atoms. The van der Waals surface area contributed by atoms with Gasteiger partial charge in [-0.05, 0) is 93.6 Å². The van der Waals surface area contributed by atoms with Crippen LogP contribution in [0.25, 0.3) is 10.9 Å². The van der Waals surface area contributed by atoms with Crippen molar-refractivity contribution in [2.24, 2.45) is 11.1 Å². The van der Waals surface area contributed by atoms with Crippen molar-refractivity contribution in [1.82, 2.24) is 9.88 Å². The van der Waals surface area contributed by atoms with Crippen LogP contribution in [0.2, 0.25) is 0 Å². The zero-order chi connectivity index (χ0) is 28.2. The predicted octanol–water partition coefficient (Wildman–Crippen LogP) is 5.71. The summed E-state index contributed by atoms with van der Waals surface area (Å²) in [5.74, 6) is -3.47. The molecule has 4 rings (SSSR count). The van der Waals surface area contributed by atoms with E-state index in [9.17, 15) is 23.1 Å². The lowest BCUT2D eigenvalue weighted by molar-refractivity contribution is -0.153. The third kappa shape index (κ3) is 6.33. The van der Waals surface area contributed by atoms with Crippen molar-refractivity contribution in [2.75, 3.05) is 26.7 Å². The number of halogens is 4. The molecular weight excluding hydrogens is 514 g/mol. The molecule has 1 unspecified atom stereocenters. The van der Waals surface area contributed by atoms with E-state index in [1.54, 1.807) is 24.4 Å². The lowest BCUT2D eigenvalue weighted by atomic mass is 9.74. The van der Waals surface area contributed by atoms with Gasteiger partial charge >= 0.3 is 5.97 Å². The fourth-order valence-electron chi connectivity index (χ4n) is 5.50. The van der Waals surface area contributed by atoms with E-state index in [1.165, 1.54) is 7.11 Å². The van der Waals surface area contributed by atoms with Crippen LogP contribution in [-0.4, -0.2) is 47.7 Å². The fourth-order valence-corrected chi connectivity index (χ4v) is 5.50.